The number of pyridine rings is 1. The number of aryl methyl sites for hydroxylation is 2. The molecule has 0 aliphatic rings. The van der Waals surface area contributed by atoms with Crippen molar-refractivity contribution in [3.63, 3.8) is 0 Å². The van der Waals surface area contributed by atoms with Crippen LogP contribution in [0.15, 0.2) is 58.0 Å². The average molecular weight is 358 g/mol. The number of ether oxygens (including phenoxy) is 1. The molecule has 1 N–H and O–H groups in total. The maximum atomic E-state index is 12.6. The standard InChI is InChI=1S/C18H18N2O4S/c1-12-4-6-14(17-8-5-13(2)24-17)10-16(12)20-25(21,22)15-7-9-18(23-3)19-11-15/h4-11,20H,1-3H3. The lowest BCUT2D eigenvalue weighted by Crippen LogP contribution is -2.14. The molecule has 0 unspecified atom stereocenters. The van der Waals surface area contributed by atoms with Gasteiger partial charge < -0.3 is 9.15 Å². The number of nitrogens with zero attached hydrogens (tertiary/aromatic N) is 1. The third-order valence-electron chi connectivity index (χ3n) is 3.74. The highest BCUT2D eigenvalue weighted by molar-refractivity contribution is 7.92. The number of benzene rings is 1. The summed E-state index contributed by atoms with van der Waals surface area (Å²) in [6.07, 6.45) is 1.26. The lowest BCUT2D eigenvalue weighted by atomic mass is 10.1. The van der Waals surface area contributed by atoms with Crippen LogP contribution in [0.1, 0.15) is 11.3 Å². The summed E-state index contributed by atoms with van der Waals surface area (Å²) in [5.41, 5.74) is 2.09. The summed E-state index contributed by atoms with van der Waals surface area (Å²) < 4.78 is 38.3. The van der Waals surface area contributed by atoms with Crippen LogP contribution in [-0.2, 0) is 10.0 Å². The van der Waals surface area contributed by atoms with Gasteiger partial charge >= 0.3 is 0 Å². The molecule has 0 aliphatic carbocycles. The van der Waals surface area contributed by atoms with Gasteiger partial charge in [0, 0.05) is 11.6 Å². The van der Waals surface area contributed by atoms with Crippen LogP contribution in [0, 0.1) is 13.8 Å². The molecule has 25 heavy (non-hydrogen) atoms. The second kappa shape index (κ2) is 6.60. The number of anilines is 1. The smallest absolute Gasteiger partial charge is 0.263 e. The van der Waals surface area contributed by atoms with Gasteiger partial charge in [-0.1, -0.05) is 12.1 Å². The molecule has 2 heterocycles. The van der Waals surface area contributed by atoms with Crippen molar-refractivity contribution in [2.45, 2.75) is 18.7 Å². The first-order chi connectivity index (χ1) is 11.9. The summed E-state index contributed by atoms with van der Waals surface area (Å²) in [6.45, 7) is 3.69. The number of hydrogen-bond donors (Lipinski definition) is 1. The predicted molar refractivity (Wildman–Crippen MR) is 95.2 cm³/mol. The van der Waals surface area contributed by atoms with Gasteiger partial charge in [0.1, 0.15) is 16.4 Å². The van der Waals surface area contributed by atoms with E-state index in [4.69, 9.17) is 9.15 Å². The summed E-state index contributed by atoms with van der Waals surface area (Å²) in [4.78, 5) is 4.00. The lowest BCUT2D eigenvalue weighted by Gasteiger charge is -2.12. The summed E-state index contributed by atoms with van der Waals surface area (Å²) in [6, 6.07) is 12.2. The first kappa shape index (κ1) is 17.0. The van der Waals surface area contributed by atoms with E-state index in [-0.39, 0.29) is 4.90 Å². The van der Waals surface area contributed by atoms with Gasteiger partial charge in [0.2, 0.25) is 5.88 Å². The molecule has 0 saturated carbocycles. The van der Waals surface area contributed by atoms with Crippen molar-refractivity contribution in [1.29, 1.82) is 0 Å². The predicted octanol–water partition coefficient (Wildman–Crippen LogP) is 3.77. The Kier molecular flexibility index (Phi) is 4.50. The SMILES string of the molecule is COc1ccc(S(=O)(=O)Nc2cc(-c3ccc(C)o3)ccc2C)cn1. The lowest BCUT2D eigenvalue weighted by molar-refractivity contribution is 0.397. The molecule has 0 saturated heterocycles. The van der Waals surface area contributed by atoms with Crippen LogP contribution in [0.25, 0.3) is 11.3 Å². The molecule has 1 aromatic carbocycles. The minimum Gasteiger partial charge on any atom is -0.481 e. The van der Waals surface area contributed by atoms with Gasteiger partial charge in [0.25, 0.3) is 10.0 Å². The van der Waals surface area contributed by atoms with Crippen molar-refractivity contribution in [2.24, 2.45) is 0 Å². The first-order valence-electron chi connectivity index (χ1n) is 7.59. The normalized spacial score (nSPS) is 11.3. The van der Waals surface area contributed by atoms with E-state index in [0.717, 1.165) is 16.9 Å². The molecule has 6 nitrogen and oxygen atoms in total. The van der Waals surface area contributed by atoms with Gasteiger partial charge in [0.05, 0.1) is 19.0 Å². The van der Waals surface area contributed by atoms with E-state index in [9.17, 15) is 8.42 Å². The number of rotatable bonds is 5. The molecule has 7 heteroatoms. The second-order valence-corrected chi connectivity index (χ2v) is 7.26. The molecule has 0 aliphatic heterocycles. The fraction of sp³-hybridized carbons (Fsp3) is 0.167. The Morgan fingerprint density at radius 3 is 2.48 bits per heavy atom. The maximum Gasteiger partial charge on any atom is 0.263 e. The van der Waals surface area contributed by atoms with Crippen LogP contribution < -0.4 is 9.46 Å². The average Bonchev–Trinajstić information content (AvgIpc) is 3.03. The summed E-state index contributed by atoms with van der Waals surface area (Å²) in [7, 11) is -2.28. The monoisotopic (exact) mass is 358 g/mol. The van der Waals surface area contributed by atoms with Crippen molar-refractivity contribution in [3.05, 3.63) is 60.0 Å². The summed E-state index contributed by atoms with van der Waals surface area (Å²) >= 11 is 0. The maximum absolute atomic E-state index is 12.6. The van der Waals surface area contributed by atoms with Gasteiger partial charge in [-0.2, -0.15) is 0 Å². The van der Waals surface area contributed by atoms with Crippen molar-refractivity contribution in [3.8, 4) is 17.2 Å². The van der Waals surface area contributed by atoms with Gasteiger partial charge in [-0.15, -0.1) is 0 Å². The number of hydrogen-bond acceptors (Lipinski definition) is 5. The van der Waals surface area contributed by atoms with Crippen molar-refractivity contribution >= 4 is 15.7 Å². The van der Waals surface area contributed by atoms with E-state index >= 15 is 0 Å². The summed E-state index contributed by atoms with van der Waals surface area (Å²) in [5, 5.41) is 0. The van der Waals surface area contributed by atoms with Crippen molar-refractivity contribution < 1.29 is 17.6 Å². The van der Waals surface area contributed by atoms with E-state index in [0.29, 0.717) is 17.3 Å². The topological polar surface area (TPSA) is 81.4 Å². The van der Waals surface area contributed by atoms with Gasteiger partial charge in [-0.05, 0) is 43.7 Å². The molecular weight excluding hydrogens is 340 g/mol. The van der Waals surface area contributed by atoms with Crippen LogP contribution in [0.5, 0.6) is 5.88 Å². The molecule has 0 fully saturated rings. The van der Waals surface area contributed by atoms with Crippen LogP contribution in [0.2, 0.25) is 0 Å². The quantitative estimate of drug-likeness (QED) is 0.751. The minimum absolute atomic E-state index is 0.0620. The Balaban J connectivity index is 1.93. The largest absolute Gasteiger partial charge is 0.481 e. The number of sulfonamides is 1. The van der Waals surface area contributed by atoms with Crippen LogP contribution >= 0.6 is 0 Å². The van der Waals surface area contributed by atoms with E-state index in [1.165, 1.54) is 25.4 Å². The Morgan fingerprint density at radius 1 is 1.08 bits per heavy atom. The van der Waals surface area contributed by atoms with Gasteiger partial charge in [-0.25, -0.2) is 13.4 Å². The van der Waals surface area contributed by atoms with E-state index in [1.54, 1.807) is 6.07 Å². The molecule has 0 spiro atoms. The molecule has 3 rings (SSSR count). The molecule has 130 valence electrons. The molecule has 0 amide bonds. The highest BCUT2D eigenvalue weighted by atomic mass is 32.2. The molecule has 3 aromatic rings. The van der Waals surface area contributed by atoms with Crippen LogP contribution in [0.3, 0.4) is 0 Å². The van der Waals surface area contributed by atoms with Crippen molar-refractivity contribution in [1.82, 2.24) is 4.98 Å². The molecule has 0 bridgehead atoms. The molecular formula is C18H18N2O4S. The van der Waals surface area contributed by atoms with Crippen LogP contribution in [-0.4, -0.2) is 20.5 Å². The molecule has 0 radical (unpaired) electrons. The zero-order valence-electron chi connectivity index (χ0n) is 14.1. The Labute approximate surface area is 146 Å². The van der Waals surface area contributed by atoms with E-state index in [2.05, 4.69) is 9.71 Å². The molecule has 2 aromatic heterocycles. The number of methoxy groups -OCH3 is 1. The first-order valence-corrected chi connectivity index (χ1v) is 9.08. The highest BCUT2D eigenvalue weighted by Crippen LogP contribution is 2.28. The van der Waals surface area contributed by atoms with Gasteiger partial charge in [0.15, 0.2) is 0 Å². The van der Waals surface area contributed by atoms with E-state index in [1.807, 2.05) is 38.1 Å². The Morgan fingerprint density at radius 2 is 1.88 bits per heavy atom. The minimum atomic E-state index is -3.75. The highest BCUT2D eigenvalue weighted by Gasteiger charge is 2.17. The van der Waals surface area contributed by atoms with E-state index < -0.39 is 10.0 Å². The van der Waals surface area contributed by atoms with Gasteiger partial charge in [-0.3, -0.25) is 4.72 Å². The zero-order chi connectivity index (χ0) is 18.0. The molecule has 0 atom stereocenters. The zero-order valence-corrected chi connectivity index (χ0v) is 14.9. The Bertz CT molecular complexity index is 992. The second-order valence-electron chi connectivity index (χ2n) is 5.58. The Hall–Kier alpha value is -2.80. The van der Waals surface area contributed by atoms with Crippen molar-refractivity contribution in [2.75, 3.05) is 11.8 Å². The number of furan rings is 1. The fourth-order valence-electron chi connectivity index (χ4n) is 2.33. The third kappa shape index (κ3) is 3.66. The summed E-state index contributed by atoms with van der Waals surface area (Å²) in [5.74, 6) is 1.83. The van der Waals surface area contributed by atoms with Crippen LogP contribution in [0.4, 0.5) is 5.69 Å². The fourth-order valence-corrected chi connectivity index (χ4v) is 3.39. The number of nitrogens with one attached hydrogen (secondary N) is 1. The third-order valence-corrected chi connectivity index (χ3v) is 5.09. The number of aromatic nitrogens is 1.